The fourth-order valence-corrected chi connectivity index (χ4v) is 5.45. The predicted octanol–water partition coefficient (Wildman–Crippen LogP) is 2.05. The number of hydrogen-bond donors (Lipinski definition) is 4. The minimum absolute atomic E-state index is 0.00135. The third kappa shape index (κ3) is 4.74. The van der Waals surface area contributed by atoms with E-state index >= 15 is 0 Å². The topological polar surface area (TPSA) is 153 Å². The maximum atomic E-state index is 14.2. The Kier molecular flexibility index (Phi) is 7.83. The molecular weight excluding hydrogens is 528 g/mol. The molecule has 2 aliphatic rings. The van der Waals surface area contributed by atoms with Crippen LogP contribution in [0.2, 0.25) is 0 Å². The molecule has 4 N–H and O–H groups in total. The lowest BCUT2D eigenvalue weighted by Crippen LogP contribution is -2.71. The SMILES string of the molecule is O=C(C(O)c1ccccc1)[C@H]1O[C@@H](N2CCCCNC2=O)[C@@](O)(C(=O)c2ccccc2)[C@@]1(O)C(=O)c1ccccc1. The molecule has 41 heavy (non-hydrogen) atoms. The number of nitrogens with one attached hydrogen (secondary N) is 1. The highest BCUT2D eigenvalue weighted by molar-refractivity contribution is 6.16. The third-order valence-corrected chi connectivity index (χ3v) is 7.64. The van der Waals surface area contributed by atoms with Crippen molar-refractivity contribution in [2.45, 2.75) is 42.5 Å². The van der Waals surface area contributed by atoms with E-state index in [-0.39, 0.29) is 23.2 Å². The number of rotatable bonds is 8. The van der Waals surface area contributed by atoms with E-state index in [1.807, 2.05) is 0 Å². The third-order valence-electron chi connectivity index (χ3n) is 7.64. The second-order valence-electron chi connectivity index (χ2n) is 10.1. The summed E-state index contributed by atoms with van der Waals surface area (Å²) in [5.41, 5.74) is -6.46. The molecule has 2 heterocycles. The molecule has 5 atom stereocenters. The Bertz CT molecular complexity index is 1430. The number of amides is 2. The van der Waals surface area contributed by atoms with E-state index in [9.17, 15) is 34.5 Å². The van der Waals surface area contributed by atoms with Crippen LogP contribution in [0.15, 0.2) is 91.0 Å². The molecule has 2 aliphatic heterocycles. The lowest BCUT2D eigenvalue weighted by atomic mass is 9.69. The smallest absolute Gasteiger partial charge is 0.319 e. The van der Waals surface area contributed by atoms with Gasteiger partial charge in [-0.05, 0) is 18.4 Å². The molecule has 2 amide bonds. The first kappa shape index (κ1) is 28.3. The van der Waals surface area contributed by atoms with Crippen molar-refractivity contribution in [1.29, 1.82) is 0 Å². The Hall–Kier alpha value is -4.22. The first-order valence-electron chi connectivity index (χ1n) is 13.3. The lowest BCUT2D eigenvalue weighted by Gasteiger charge is -2.41. The van der Waals surface area contributed by atoms with Gasteiger partial charge in [0.05, 0.1) is 0 Å². The van der Waals surface area contributed by atoms with Crippen molar-refractivity contribution in [3.8, 4) is 0 Å². The highest BCUT2D eigenvalue weighted by Gasteiger charge is 2.76. The first-order chi connectivity index (χ1) is 19.7. The van der Waals surface area contributed by atoms with Crippen molar-refractivity contribution in [3.05, 3.63) is 108 Å². The second kappa shape index (κ2) is 11.3. The zero-order valence-corrected chi connectivity index (χ0v) is 22.1. The van der Waals surface area contributed by atoms with Crippen molar-refractivity contribution in [3.63, 3.8) is 0 Å². The van der Waals surface area contributed by atoms with Crippen LogP contribution in [0, 0.1) is 0 Å². The second-order valence-corrected chi connectivity index (χ2v) is 10.1. The van der Waals surface area contributed by atoms with Crippen LogP contribution in [0.25, 0.3) is 0 Å². The molecule has 3 aromatic carbocycles. The quantitative estimate of drug-likeness (QED) is 0.307. The first-order valence-corrected chi connectivity index (χ1v) is 13.3. The summed E-state index contributed by atoms with van der Waals surface area (Å²) in [6.45, 7) is 0.314. The van der Waals surface area contributed by atoms with Gasteiger partial charge in [-0.15, -0.1) is 0 Å². The Morgan fingerprint density at radius 2 is 1.32 bits per heavy atom. The number of carbonyl (C=O) groups is 4. The highest BCUT2D eigenvalue weighted by atomic mass is 16.6. The van der Waals surface area contributed by atoms with Gasteiger partial charge in [-0.2, -0.15) is 0 Å². The average molecular weight is 559 g/mol. The predicted molar refractivity (Wildman–Crippen MR) is 146 cm³/mol. The van der Waals surface area contributed by atoms with Crippen molar-refractivity contribution in [1.82, 2.24) is 10.2 Å². The molecule has 2 saturated heterocycles. The average Bonchev–Trinajstić information content (AvgIpc) is 3.11. The van der Waals surface area contributed by atoms with Gasteiger partial charge in [0.25, 0.3) is 0 Å². The Morgan fingerprint density at radius 3 is 1.88 bits per heavy atom. The summed E-state index contributed by atoms with van der Waals surface area (Å²) in [6.07, 6.45) is -5.04. The molecule has 10 heteroatoms. The van der Waals surface area contributed by atoms with Gasteiger partial charge in [-0.25, -0.2) is 4.79 Å². The summed E-state index contributed by atoms with van der Waals surface area (Å²) < 4.78 is 5.96. The van der Waals surface area contributed by atoms with E-state index < -0.39 is 53.0 Å². The van der Waals surface area contributed by atoms with Crippen LogP contribution in [0.5, 0.6) is 0 Å². The van der Waals surface area contributed by atoms with Gasteiger partial charge in [0.1, 0.15) is 6.10 Å². The molecule has 3 aromatic rings. The van der Waals surface area contributed by atoms with E-state index in [4.69, 9.17) is 4.74 Å². The van der Waals surface area contributed by atoms with Crippen LogP contribution >= 0.6 is 0 Å². The maximum Gasteiger partial charge on any atom is 0.319 e. The summed E-state index contributed by atoms with van der Waals surface area (Å²) in [7, 11) is 0. The molecule has 10 nitrogen and oxygen atoms in total. The summed E-state index contributed by atoms with van der Waals surface area (Å²) in [5.74, 6) is -3.47. The minimum Gasteiger partial charge on any atom is -0.380 e. The number of aliphatic hydroxyl groups excluding tert-OH is 1. The van der Waals surface area contributed by atoms with Crippen LogP contribution in [0.4, 0.5) is 4.79 Å². The largest absolute Gasteiger partial charge is 0.380 e. The number of urea groups is 1. The minimum atomic E-state index is -3.24. The molecule has 1 unspecified atom stereocenters. The number of Topliss-reactive ketones (excluding diaryl/α,β-unsaturated/α-hetero) is 3. The number of hydrogen-bond acceptors (Lipinski definition) is 8. The number of ether oxygens (including phenoxy) is 1. The Labute approximate surface area is 236 Å². The van der Waals surface area contributed by atoms with Gasteiger partial charge in [-0.3, -0.25) is 19.3 Å². The van der Waals surface area contributed by atoms with Gasteiger partial charge in [0, 0.05) is 24.2 Å². The van der Waals surface area contributed by atoms with E-state index in [2.05, 4.69) is 5.32 Å². The van der Waals surface area contributed by atoms with E-state index in [0.717, 1.165) is 4.90 Å². The van der Waals surface area contributed by atoms with E-state index in [1.54, 1.807) is 30.3 Å². The normalized spacial score (nSPS) is 27.0. The van der Waals surface area contributed by atoms with Crippen LogP contribution in [-0.4, -0.2) is 80.2 Å². The number of benzene rings is 3. The molecular formula is C31H30N2O8. The van der Waals surface area contributed by atoms with Crippen LogP contribution in [0.1, 0.15) is 45.2 Å². The highest BCUT2D eigenvalue weighted by Crippen LogP contribution is 2.47. The zero-order chi connectivity index (χ0) is 29.2. The van der Waals surface area contributed by atoms with Crippen molar-refractivity contribution >= 4 is 23.4 Å². The van der Waals surface area contributed by atoms with Crippen molar-refractivity contribution in [2.24, 2.45) is 0 Å². The Morgan fingerprint density at radius 1 is 0.805 bits per heavy atom. The van der Waals surface area contributed by atoms with Gasteiger partial charge in [0.15, 0.2) is 18.1 Å². The lowest BCUT2D eigenvalue weighted by molar-refractivity contribution is -0.149. The Balaban J connectivity index is 1.72. The molecule has 0 saturated carbocycles. The monoisotopic (exact) mass is 558 g/mol. The van der Waals surface area contributed by atoms with E-state index in [1.165, 1.54) is 60.7 Å². The van der Waals surface area contributed by atoms with Crippen molar-refractivity contribution in [2.75, 3.05) is 13.1 Å². The summed E-state index contributed by atoms with van der Waals surface area (Å²) in [6, 6.07) is 21.9. The fraction of sp³-hybridized carbons (Fsp3) is 0.290. The molecule has 0 spiro atoms. The molecule has 2 fully saturated rings. The molecule has 0 aromatic heterocycles. The summed E-state index contributed by atoms with van der Waals surface area (Å²) in [4.78, 5) is 56.4. The van der Waals surface area contributed by atoms with Gasteiger partial charge in [-0.1, -0.05) is 91.0 Å². The zero-order valence-electron chi connectivity index (χ0n) is 22.1. The van der Waals surface area contributed by atoms with Gasteiger partial charge in [0.2, 0.25) is 22.8 Å². The molecule has 5 rings (SSSR count). The summed E-state index contributed by atoms with van der Waals surface area (Å²) >= 11 is 0. The van der Waals surface area contributed by atoms with Crippen LogP contribution < -0.4 is 5.32 Å². The summed E-state index contributed by atoms with van der Waals surface area (Å²) in [5, 5.41) is 38.6. The number of carbonyl (C=O) groups excluding carboxylic acids is 4. The molecule has 0 bridgehead atoms. The fourth-order valence-electron chi connectivity index (χ4n) is 5.45. The molecule has 0 radical (unpaired) electrons. The number of aliphatic hydroxyl groups is 3. The standard InChI is InChI=1S/C31H30N2O8/c34-23(20-12-4-1-5-13-20)24(35)27-30(39,25(36)21-14-6-2-7-15-21)31(40,26(37)22-16-8-3-9-17-22)28(41-27)33-19-11-10-18-32-29(33)38/h1-9,12-17,23,27-28,34,39-40H,10-11,18-19H2,(H,32,38)/t23?,27-,28-,30-,31+/m1/s1. The molecule has 212 valence electrons. The van der Waals surface area contributed by atoms with Gasteiger partial charge >= 0.3 is 6.03 Å². The van der Waals surface area contributed by atoms with Gasteiger partial charge < -0.3 is 25.4 Å². The maximum absolute atomic E-state index is 14.2. The number of ketones is 3. The molecule has 0 aliphatic carbocycles. The van der Waals surface area contributed by atoms with E-state index in [0.29, 0.717) is 19.4 Å². The van der Waals surface area contributed by atoms with Crippen LogP contribution in [0.3, 0.4) is 0 Å². The van der Waals surface area contributed by atoms with Crippen molar-refractivity contribution < 1.29 is 39.2 Å². The van der Waals surface area contributed by atoms with Crippen LogP contribution in [-0.2, 0) is 9.53 Å². The number of nitrogens with zero attached hydrogens (tertiary/aromatic N) is 1.